The van der Waals surface area contributed by atoms with Crippen LogP contribution in [0, 0.1) is 5.92 Å². The molecule has 0 aliphatic rings. The minimum absolute atomic E-state index is 0.0566. The predicted octanol–water partition coefficient (Wildman–Crippen LogP) is 3.53. The summed E-state index contributed by atoms with van der Waals surface area (Å²) in [5, 5.41) is 7.37. The van der Waals surface area contributed by atoms with E-state index >= 15 is 0 Å². The predicted molar refractivity (Wildman–Crippen MR) is 134 cm³/mol. The summed E-state index contributed by atoms with van der Waals surface area (Å²) in [6.07, 6.45) is 3.91. The number of aromatic nitrogens is 1. The summed E-state index contributed by atoms with van der Waals surface area (Å²) in [5.74, 6) is 0.185. The first kappa shape index (κ1) is 24.5. The van der Waals surface area contributed by atoms with Gasteiger partial charge in [-0.1, -0.05) is 62.4 Å². The molecule has 2 atom stereocenters. The topological polar surface area (TPSA) is 77.2 Å². The number of rotatable bonds is 11. The molecule has 6 heteroatoms. The molecule has 0 unspecified atom stereocenters. The Bertz CT molecular complexity index is 1040. The Morgan fingerprint density at radius 2 is 1.73 bits per heavy atom. The van der Waals surface area contributed by atoms with Crippen molar-refractivity contribution in [3.05, 3.63) is 71.9 Å². The summed E-state index contributed by atoms with van der Waals surface area (Å²) >= 11 is 0. The maximum absolute atomic E-state index is 13.3. The van der Waals surface area contributed by atoms with Gasteiger partial charge in [0.2, 0.25) is 11.8 Å². The lowest BCUT2D eigenvalue weighted by atomic mass is 10.00. The first-order chi connectivity index (χ1) is 15.9. The highest BCUT2D eigenvalue weighted by molar-refractivity contribution is 5.90. The second-order valence-electron chi connectivity index (χ2n) is 9.03. The number of para-hydroxylation sites is 1. The second kappa shape index (κ2) is 11.7. The number of carbonyl (C=O) groups is 2. The zero-order chi connectivity index (χ0) is 23.8. The molecule has 3 N–H and O–H groups in total. The van der Waals surface area contributed by atoms with Crippen LogP contribution in [0.4, 0.5) is 0 Å². The average Bonchev–Trinajstić information content (AvgIpc) is 3.23. The van der Waals surface area contributed by atoms with E-state index in [1.165, 1.54) is 10.9 Å². The highest BCUT2D eigenvalue weighted by Crippen LogP contribution is 2.18. The van der Waals surface area contributed by atoms with Crippen molar-refractivity contribution in [3.8, 4) is 0 Å². The monoisotopic (exact) mass is 448 g/mol. The number of likely N-dealkylation sites (N-methyl/N-ethyl adjacent to an activating group) is 2. The number of hydrogen-bond donors (Lipinski definition) is 3. The van der Waals surface area contributed by atoms with E-state index in [1.807, 2.05) is 54.7 Å². The molecular weight excluding hydrogens is 412 g/mol. The Hall–Kier alpha value is -3.12. The van der Waals surface area contributed by atoms with Crippen LogP contribution in [0.2, 0.25) is 0 Å². The van der Waals surface area contributed by atoms with Crippen LogP contribution < -0.4 is 10.6 Å². The molecule has 0 saturated heterocycles. The molecule has 6 nitrogen and oxygen atoms in total. The summed E-state index contributed by atoms with van der Waals surface area (Å²) in [4.78, 5) is 31.4. The highest BCUT2D eigenvalue weighted by atomic mass is 16.2. The van der Waals surface area contributed by atoms with Crippen LogP contribution in [0.3, 0.4) is 0 Å². The van der Waals surface area contributed by atoms with E-state index in [9.17, 15) is 9.59 Å². The maximum Gasteiger partial charge on any atom is 0.243 e. The fraction of sp³-hybridized carbons (Fsp3) is 0.407. The minimum Gasteiger partial charge on any atom is -0.361 e. The van der Waals surface area contributed by atoms with Crippen molar-refractivity contribution in [3.63, 3.8) is 0 Å². The molecular formula is C27H36N4O2. The van der Waals surface area contributed by atoms with Crippen molar-refractivity contribution >= 4 is 22.7 Å². The summed E-state index contributed by atoms with van der Waals surface area (Å²) in [5.41, 5.74) is 3.29. The molecule has 3 rings (SSSR count). The molecule has 0 saturated carbocycles. The van der Waals surface area contributed by atoms with Crippen LogP contribution in [-0.4, -0.2) is 54.4 Å². The largest absolute Gasteiger partial charge is 0.361 e. The van der Waals surface area contributed by atoms with Gasteiger partial charge in [0.05, 0.1) is 6.04 Å². The standard InChI is InChI=1S/C27H36N4O2/c1-19(2)16-24(28-3)27(33)31(4)25(17-20-10-6-5-7-11-20)26(32)29-15-14-21-18-30-23-13-9-8-12-22(21)23/h5-13,18-19,24-25,28,30H,14-17H2,1-4H3,(H,29,32)/t24-,25-/m1/s1. The molecule has 0 fully saturated rings. The Morgan fingerprint density at radius 3 is 2.42 bits per heavy atom. The number of benzene rings is 2. The van der Waals surface area contributed by atoms with Gasteiger partial charge in [0.15, 0.2) is 0 Å². The van der Waals surface area contributed by atoms with Gasteiger partial charge in [0, 0.05) is 37.1 Å². The summed E-state index contributed by atoms with van der Waals surface area (Å²) < 4.78 is 0. The molecule has 2 amide bonds. The maximum atomic E-state index is 13.3. The Morgan fingerprint density at radius 1 is 1.03 bits per heavy atom. The van der Waals surface area contributed by atoms with E-state index in [-0.39, 0.29) is 17.9 Å². The molecule has 33 heavy (non-hydrogen) atoms. The molecule has 0 spiro atoms. The lowest BCUT2D eigenvalue weighted by molar-refractivity contribution is -0.140. The summed E-state index contributed by atoms with van der Waals surface area (Å²) in [7, 11) is 3.53. The number of fused-ring (bicyclic) bond motifs is 1. The van der Waals surface area contributed by atoms with E-state index < -0.39 is 6.04 Å². The Labute approximate surface area is 196 Å². The molecule has 176 valence electrons. The fourth-order valence-corrected chi connectivity index (χ4v) is 4.23. The summed E-state index contributed by atoms with van der Waals surface area (Å²) in [6.45, 7) is 4.70. The van der Waals surface area contributed by atoms with Crippen LogP contribution >= 0.6 is 0 Å². The number of nitrogens with zero attached hydrogens (tertiary/aromatic N) is 1. The van der Waals surface area contributed by atoms with Crippen LogP contribution in [0.5, 0.6) is 0 Å². The Balaban J connectivity index is 1.70. The molecule has 2 aromatic carbocycles. The van der Waals surface area contributed by atoms with Crippen LogP contribution in [0.25, 0.3) is 10.9 Å². The zero-order valence-corrected chi connectivity index (χ0v) is 20.1. The lowest BCUT2D eigenvalue weighted by Crippen LogP contribution is -2.54. The minimum atomic E-state index is -0.578. The molecule has 1 heterocycles. The average molecular weight is 449 g/mol. The van der Waals surface area contributed by atoms with Gasteiger partial charge in [-0.05, 0) is 43.0 Å². The van der Waals surface area contributed by atoms with Gasteiger partial charge < -0.3 is 20.5 Å². The number of carbonyl (C=O) groups excluding carboxylic acids is 2. The number of H-pyrrole nitrogens is 1. The summed E-state index contributed by atoms with van der Waals surface area (Å²) in [6, 6.07) is 17.1. The third kappa shape index (κ3) is 6.45. The van der Waals surface area contributed by atoms with E-state index in [4.69, 9.17) is 0 Å². The van der Waals surface area contributed by atoms with Crippen molar-refractivity contribution in [2.45, 2.75) is 45.2 Å². The lowest BCUT2D eigenvalue weighted by Gasteiger charge is -2.31. The molecule has 0 aliphatic carbocycles. The number of aromatic amines is 1. The number of hydrogen-bond acceptors (Lipinski definition) is 3. The molecule has 0 radical (unpaired) electrons. The van der Waals surface area contributed by atoms with Gasteiger partial charge in [-0.3, -0.25) is 9.59 Å². The molecule has 0 aliphatic heterocycles. The van der Waals surface area contributed by atoms with Gasteiger partial charge in [-0.2, -0.15) is 0 Å². The molecule has 0 bridgehead atoms. The fourth-order valence-electron chi connectivity index (χ4n) is 4.23. The zero-order valence-electron chi connectivity index (χ0n) is 20.1. The van der Waals surface area contributed by atoms with Crippen LogP contribution in [0.1, 0.15) is 31.4 Å². The molecule has 3 aromatic rings. The third-order valence-electron chi connectivity index (χ3n) is 6.11. The van der Waals surface area contributed by atoms with Crippen molar-refractivity contribution in [2.75, 3.05) is 20.6 Å². The van der Waals surface area contributed by atoms with Crippen molar-refractivity contribution in [1.29, 1.82) is 0 Å². The highest BCUT2D eigenvalue weighted by Gasteiger charge is 2.31. The van der Waals surface area contributed by atoms with E-state index in [0.29, 0.717) is 18.9 Å². The van der Waals surface area contributed by atoms with Gasteiger partial charge >= 0.3 is 0 Å². The third-order valence-corrected chi connectivity index (χ3v) is 6.11. The second-order valence-corrected chi connectivity index (χ2v) is 9.03. The van der Waals surface area contributed by atoms with Crippen molar-refractivity contribution in [1.82, 2.24) is 20.5 Å². The van der Waals surface area contributed by atoms with Gasteiger partial charge in [0.25, 0.3) is 0 Å². The SMILES string of the molecule is CN[C@H](CC(C)C)C(=O)N(C)[C@H](Cc1ccccc1)C(=O)NCCc1c[nH]c2ccccc12. The number of nitrogens with one attached hydrogen (secondary N) is 3. The van der Waals surface area contributed by atoms with Crippen molar-refractivity contribution in [2.24, 2.45) is 5.92 Å². The van der Waals surface area contributed by atoms with Crippen LogP contribution in [-0.2, 0) is 22.4 Å². The van der Waals surface area contributed by atoms with E-state index in [1.54, 1.807) is 19.0 Å². The quantitative estimate of drug-likeness (QED) is 0.420. The van der Waals surface area contributed by atoms with Gasteiger partial charge in [-0.15, -0.1) is 0 Å². The van der Waals surface area contributed by atoms with Gasteiger partial charge in [0.1, 0.15) is 6.04 Å². The first-order valence-corrected chi connectivity index (χ1v) is 11.7. The smallest absolute Gasteiger partial charge is 0.243 e. The number of amides is 2. The normalized spacial score (nSPS) is 13.1. The van der Waals surface area contributed by atoms with Crippen molar-refractivity contribution < 1.29 is 9.59 Å². The van der Waals surface area contributed by atoms with E-state index in [2.05, 4.69) is 35.5 Å². The first-order valence-electron chi connectivity index (χ1n) is 11.7. The Kier molecular flexibility index (Phi) is 8.66. The molecule has 1 aromatic heterocycles. The van der Waals surface area contributed by atoms with Crippen LogP contribution in [0.15, 0.2) is 60.8 Å². The van der Waals surface area contributed by atoms with E-state index in [0.717, 1.165) is 23.9 Å². The van der Waals surface area contributed by atoms with Gasteiger partial charge in [-0.25, -0.2) is 0 Å².